The summed E-state index contributed by atoms with van der Waals surface area (Å²) in [4.78, 5) is 12.9. The minimum atomic E-state index is -3.82. The second-order valence-corrected chi connectivity index (χ2v) is 12.4. The Hall–Kier alpha value is -2.67. The Labute approximate surface area is 206 Å². The fourth-order valence-corrected chi connectivity index (χ4v) is 6.35. The number of rotatable bonds is 9. The van der Waals surface area contributed by atoms with Gasteiger partial charge in [0.25, 0.3) is 0 Å². The molecule has 10 nitrogen and oxygen atoms in total. The predicted octanol–water partition coefficient (Wildman–Crippen LogP) is 1.67. The van der Waals surface area contributed by atoms with Gasteiger partial charge in [-0.1, -0.05) is 12.1 Å². The van der Waals surface area contributed by atoms with Crippen molar-refractivity contribution < 1.29 is 31.1 Å². The molecule has 1 amide bonds. The molecular formula is C23H31N3O7S2. The van der Waals surface area contributed by atoms with Crippen molar-refractivity contribution in [1.82, 2.24) is 13.9 Å². The lowest BCUT2D eigenvalue weighted by molar-refractivity contribution is -0.126. The van der Waals surface area contributed by atoms with E-state index in [0.717, 1.165) is 9.87 Å². The zero-order valence-corrected chi connectivity index (χ0v) is 21.9. The molecule has 12 heteroatoms. The van der Waals surface area contributed by atoms with Gasteiger partial charge in [-0.3, -0.25) is 4.79 Å². The van der Waals surface area contributed by atoms with E-state index < -0.39 is 20.0 Å². The zero-order valence-electron chi connectivity index (χ0n) is 20.2. The summed E-state index contributed by atoms with van der Waals surface area (Å²) in [5.41, 5.74) is 0.765. The Kier molecular flexibility index (Phi) is 8.42. The third-order valence-electron chi connectivity index (χ3n) is 5.98. The monoisotopic (exact) mass is 525 g/mol. The van der Waals surface area contributed by atoms with Crippen LogP contribution in [-0.2, 0) is 31.4 Å². The lowest BCUT2D eigenvalue weighted by Gasteiger charge is -2.31. The summed E-state index contributed by atoms with van der Waals surface area (Å²) in [6.07, 6.45) is 0.773. The fraction of sp³-hybridized carbons (Fsp3) is 0.435. The van der Waals surface area contributed by atoms with E-state index in [9.17, 15) is 21.6 Å². The van der Waals surface area contributed by atoms with Gasteiger partial charge in [0.2, 0.25) is 26.0 Å². The van der Waals surface area contributed by atoms with Crippen LogP contribution in [0.25, 0.3) is 0 Å². The molecule has 0 spiro atoms. The molecule has 0 aromatic heterocycles. The largest absolute Gasteiger partial charge is 0.497 e. The number of carbonyl (C=O) groups is 1. The molecule has 192 valence electrons. The first-order valence-electron chi connectivity index (χ1n) is 11.0. The van der Waals surface area contributed by atoms with E-state index in [2.05, 4.69) is 5.32 Å². The second-order valence-electron chi connectivity index (χ2n) is 8.34. The van der Waals surface area contributed by atoms with Crippen molar-refractivity contribution in [2.24, 2.45) is 5.92 Å². The predicted molar refractivity (Wildman–Crippen MR) is 130 cm³/mol. The summed E-state index contributed by atoms with van der Waals surface area (Å²) in [5, 5.41) is 2.86. The normalized spacial score (nSPS) is 15.7. The topological polar surface area (TPSA) is 122 Å². The molecule has 2 aromatic rings. The van der Waals surface area contributed by atoms with Crippen LogP contribution in [0.2, 0.25) is 0 Å². The molecule has 0 radical (unpaired) electrons. The first kappa shape index (κ1) is 26.9. The summed E-state index contributed by atoms with van der Waals surface area (Å²) < 4.78 is 63.6. The first-order chi connectivity index (χ1) is 16.5. The molecule has 3 rings (SSSR count). The summed E-state index contributed by atoms with van der Waals surface area (Å²) in [5.74, 6) is 0.161. The molecule has 0 bridgehead atoms. The van der Waals surface area contributed by atoms with E-state index in [1.165, 1.54) is 50.8 Å². The molecule has 1 aliphatic rings. The van der Waals surface area contributed by atoms with Crippen LogP contribution in [0, 0.1) is 5.92 Å². The highest BCUT2D eigenvalue weighted by Gasteiger charge is 2.34. The maximum atomic E-state index is 13.2. The number of nitrogens with zero attached hydrogens (tertiary/aromatic N) is 2. The van der Waals surface area contributed by atoms with Crippen molar-refractivity contribution in [2.45, 2.75) is 29.2 Å². The molecule has 0 atom stereocenters. The van der Waals surface area contributed by atoms with Crippen molar-refractivity contribution in [1.29, 1.82) is 0 Å². The summed E-state index contributed by atoms with van der Waals surface area (Å²) in [6, 6.07) is 10.9. The smallest absolute Gasteiger partial charge is 0.246 e. The van der Waals surface area contributed by atoms with Gasteiger partial charge >= 0.3 is 0 Å². The number of hydrogen-bond acceptors (Lipinski definition) is 7. The molecule has 0 aliphatic carbocycles. The number of amides is 1. The molecule has 35 heavy (non-hydrogen) atoms. The zero-order chi connectivity index (χ0) is 25.8. The van der Waals surface area contributed by atoms with E-state index in [0.29, 0.717) is 18.6 Å². The van der Waals surface area contributed by atoms with Gasteiger partial charge in [0.15, 0.2) is 0 Å². The Morgan fingerprint density at radius 3 is 2.17 bits per heavy atom. The Morgan fingerprint density at radius 1 is 1.00 bits per heavy atom. The molecule has 1 N–H and O–H groups in total. The van der Waals surface area contributed by atoms with E-state index in [1.54, 1.807) is 24.3 Å². The average Bonchev–Trinajstić information content (AvgIpc) is 2.87. The van der Waals surface area contributed by atoms with Crippen molar-refractivity contribution in [2.75, 3.05) is 41.4 Å². The number of methoxy groups -OCH3 is 2. The van der Waals surface area contributed by atoms with E-state index in [4.69, 9.17) is 9.47 Å². The maximum Gasteiger partial charge on any atom is 0.246 e. The number of piperidine rings is 1. The van der Waals surface area contributed by atoms with Gasteiger partial charge in [0.05, 0.1) is 19.1 Å². The van der Waals surface area contributed by atoms with Gasteiger partial charge in [-0.2, -0.15) is 4.31 Å². The van der Waals surface area contributed by atoms with E-state index in [-0.39, 0.29) is 47.0 Å². The number of sulfonamides is 2. The highest BCUT2D eigenvalue weighted by atomic mass is 32.2. The fourth-order valence-electron chi connectivity index (χ4n) is 3.81. The minimum absolute atomic E-state index is 0.0296. The standard InChI is InChI=1S/C23H31N3O7S2/c1-25(2)34(28,29)20-8-5-17(6-9-20)16-24-23(27)18-11-13-26(14-12-18)35(30,31)22-15-19(32-3)7-10-21(22)33-4/h5-10,15,18H,11-14,16H2,1-4H3,(H,24,27). The highest BCUT2D eigenvalue weighted by molar-refractivity contribution is 7.89. The van der Waals surface area contributed by atoms with Crippen LogP contribution in [0.1, 0.15) is 18.4 Å². The quantitative estimate of drug-likeness (QED) is 0.528. The second kappa shape index (κ2) is 10.9. The molecule has 0 saturated carbocycles. The third kappa shape index (κ3) is 5.95. The first-order valence-corrected chi connectivity index (χ1v) is 13.9. The van der Waals surface area contributed by atoms with Gasteiger partial charge < -0.3 is 14.8 Å². The average molecular weight is 526 g/mol. The van der Waals surface area contributed by atoms with Gasteiger partial charge in [-0.05, 0) is 42.7 Å². The van der Waals surface area contributed by atoms with Gasteiger partial charge in [-0.15, -0.1) is 0 Å². The van der Waals surface area contributed by atoms with Crippen LogP contribution in [0.4, 0.5) is 0 Å². The van der Waals surface area contributed by atoms with Gasteiger partial charge in [0, 0.05) is 45.7 Å². The Morgan fingerprint density at radius 2 is 1.63 bits per heavy atom. The van der Waals surface area contributed by atoms with Crippen molar-refractivity contribution in [3.8, 4) is 11.5 Å². The lowest BCUT2D eigenvalue weighted by Crippen LogP contribution is -2.42. The van der Waals surface area contributed by atoms with Crippen LogP contribution in [0.15, 0.2) is 52.3 Å². The number of benzene rings is 2. The molecule has 2 aromatic carbocycles. The SMILES string of the molecule is COc1ccc(OC)c(S(=O)(=O)N2CCC(C(=O)NCc3ccc(S(=O)(=O)N(C)C)cc3)CC2)c1. The molecule has 0 unspecified atom stereocenters. The van der Waals surface area contributed by atoms with Crippen molar-refractivity contribution >= 4 is 26.0 Å². The minimum Gasteiger partial charge on any atom is -0.497 e. The summed E-state index contributed by atoms with van der Waals surface area (Å²) in [7, 11) is -1.53. The van der Waals surface area contributed by atoms with Crippen molar-refractivity contribution in [3.63, 3.8) is 0 Å². The van der Waals surface area contributed by atoms with Crippen LogP contribution in [-0.4, -0.2) is 72.8 Å². The highest BCUT2D eigenvalue weighted by Crippen LogP contribution is 2.32. The molecular weight excluding hydrogens is 494 g/mol. The molecule has 1 heterocycles. The van der Waals surface area contributed by atoms with Crippen LogP contribution in [0.5, 0.6) is 11.5 Å². The van der Waals surface area contributed by atoms with Crippen LogP contribution < -0.4 is 14.8 Å². The lowest BCUT2D eigenvalue weighted by atomic mass is 9.97. The number of ether oxygens (including phenoxy) is 2. The van der Waals surface area contributed by atoms with Gasteiger partial charge in [-0.25, -0.2) is 21.1 Å². The Balaban J connectivity index is 1.59. The number of nitrogens with one attached hydrogen (secondary N) is 1. The van der Waals surface area contributed by atoms with E-state index >= 15 is 0 Å². The third-order valence-corrected chi connectivity index (χ3v) is 9.73. The summed E-state index contributed by atoms with van der Waals surface area (Å²) in [6.45, 7) is 0.663. The van der Waals surface area contributed by atoms with Gasteiger partial charge in [0.1, 0.15) is 16.4 Å². The van der Waals surface area contributed by atoms with Crippen molar-refractivity contribution in [3.05, 3.63) is 48.0 Å². The van der Waals surface area contributed by atoms with Crippen LogP contribution >= 0.6 is 0 Å². The number of carbonyl (C=O) groups excluding carboxylic acids is 1. The van der Waals surface area contributed by atoms with E-state index in [1.807, 2.05) is 0 Å². The van der Waals surface area contributed by atoms with Crippen LogP contribution in [0.3, 0.4) is 0 Å². The number of hydrogen-bond donors (Lipinski definition) is 1. The maximum absolute atomic E-state index is 13.2. The molecule has 1 saturated heterocycles. The Bertz CT molecular complexity index is 1250. The summed E-state index contributed by atoms with van der Waals surface area (Å²) >= 11 is 0. The molecule has 1 fully saturated rings. The molecule has 1 aliphatic heterocycles.